The zero-order valence-electron chi connectivity index (χ0n) is 13.1. The van der Waals surface area contributed by atoms with Gasteiger partial charge in [-0.2, -0.15) is 0 Å². The van der Waals surface area contributed by atoms with Gasteiger partial charge in [0.1, 0.15) is 5.60 Å². The van der Waals surface area contributed by atoms with Gasteiger partial charge in [-0.25, -0.2) is 0 Å². The lowest BCUT2D eigenvalue weighted by Crippen LogP contribution is -2.68. The lowest BCUT2D eigenvalue weighted by atomic mass is 9.55. The van der Waals surface area contributed by atoms with Crippen molar-refractivity contribution in [1.29, 1.82) is 0 Å². The highest BCUT2D eigenvalue weighted by molar-refractivity contribution is 5.96. The predicted molar refractivity (Wildman–Crippen MR) is 85.7 cm³/mol. The molecule has 1 aromatic carbocycles. The van der Waals surface area contributed by atoms with Crippen molar-refractivity contribution in [3.63, 3.8) is 0 Å². The van der Waals surface area contributed by atoms with E-state index >= 15 is 0 Å². The highest BCUT2D eigenvalue weighted by Crippen LogP contribution is 2.54. The SMILES string of the molecule is C=CC[C@@]1(OC)C(=O)[C@H]2C=C[C@]1(OC)C[C@@H]2c1ccccc1. The first kappa shape index (κ1) is 15.2. The Hall–Kier alpha value is -1.71. The summed E-state index contributed by atoms with van der Waals surface area (Å²) in [5.41, 5.74) is -0.522. The minimum Gasteiger partial charge on any atom is -0.371 e. The van der Waals surface area contributed by atoms with Crippen molar-refractivity contribution < 1.29 is 14.3 Å². The van der Waals surface area contributed by atoms with Gasteiger partial charge in [-0.3, -0.25) is 4.79 Å². The summed E-state index contributed by atoms with van der Waals surface area (Å²) in [6.07, 6.45) is 6.95. The monoisotopic (exact) mass is 298 g/mol. The number of ether oxygens (including phenoxy) is 2. The lowest BCUT2D eigenvalue weighted by Gasteiger charge is -2.56. The van der Waals surface area contributed by atoms with Crippen LogP contribution in [0.1, 0.15) is 24.3 Å². The number of ketones is 1. The zero-order chi connectivity index (χ0) is 15.8. The lowest BCUT2D eigenvalue weighted by molar-refractivity contribution is -0.198. The fourth-order valence-electron chi connectivity index (χ4n) is 4.14. The van der Waals surface area contributed by atoms with Crippen molar-refractivity contribution in [1.82, 2.24) is 0 Å². The maximum atomic E-state index is 13.2. The van der Waals surface area contributed by atoms with Crippen LogP contribution in [0.25, 0.3) is 0 Å². The third kappa shape index (κ3) is 1.86. The summed E-state index contributed by atoms with van der Waals surface area (Å²) in [7, 11) is 3.25. The van der Waals surface area contributed by atoms with Gasteiger partial charge >= 0.3 is 0 Å². The normalized spacial score (nSPS) is 36.5. The number of allylic oxidation sites excluding steroid dienone is 1. The van der Waals surface area contributed by atoms with Crippen LogP contribution in [-0.2, 0) is 14.3 Å². The molecule has 3 aliphatic rings. The molecule has 1 aromatic rings. The second-order valence-corrected chi connectivity index (χ2v) is 6.09. The molecule has 4 atom stereocenters. The Morgan fingerprint density at radius 1 is 1.27 bits per heavy atom. The number of hydrogen-bond acceptors (Lipinski definition) is 3. The molecule has 0 heterocycles. The van der Waals surface area contributed by atoms with Gasteiger partial charge in [-0.15, -0.1) is 6.58 Å². The number of benzene rings is 1. The van der Waals surface area contributed by atoms with E-state index < -0.39 is 11.2 Å². The third-order valence-corrected chi connectivity index (χ3v) is 5.29. The van der Waals surface area contributed by atoms with Crippen LogP contribution >= 0.6 is 0 Å². The molecule has 0 N–H and O–H groups in total. The molecule has 22 heavy (non-hydrogen) atoms. The van der Waals surface area contributed by atoms with Crippen molar-refractivity contribution in [3.05, 3.63) is 60.7 Å². The van der Waals surface area contributed by atoms with Crippen LogP contribution in [-0.4, -0.2) is 31.2 Å². The van der Waals surface area contributed by atoms with Gasteiger partial charge < -0.3 is 9.47 Å². The molecule has 3 heteroatoms. The maximum absolute atomic E-state index is 13.2. The van der Waals surface area contributed by atoms with Gasteiger partial charge in [0.2, 0.25) is 0 Å². The van der Waals surface area contributed by atoms with Crippen LogP contribution in [0.15, 0.2) is 55.1 Å². The molecule has 0 unspecified atom stereocenters. The summed E-state index contributed by atoms with van der Waals surface area (Å²) in [6.45, 7) is 3.80. The molecule has 3 nitrogen and oxygen atoms in total. The Morgan fingerprint density at radius 3 is 2.59 bits per heavy atom. The first-order chi connectivity index (χ1) is 10.6. The first-order valence-electron chi connectivity index (χ1n) is 7.64. The largest absolute Gasteiger partial charge is 0.371 e. The van der Waals surface area contributed by atoms with Crippen LogP contribution in [0.2, 0.25) is 0 Å². The number of rotatable bonds is 5. The Bertz CT molecular complexity index is 606. The summed E-state index contributed by atoms with van der Waals surface area (Å²) >= 11 is 0. The van der Waals surface area contributed by atoms with Crippen molar-refractivity contribution in [3.8, 4) is 0 Å². The van der Waals surface area contributed by atoms with E-state index in [2.05, 4.69) is 18.7 Å². The van der Waals surface area contributed by atoms with E-state index in [1.165, 1.54) is 5.56 Å². The number of fused-ring (bicyclic) bond motifs is 2. The van der Waals surface area contributed by atoms with E-state index in [1.807, 2.05) is 30.4 Å². The molecule has 0 aromatic heterocycles. The second-order valence-electron chi connectivity index (χ2n) is 6.09. The van der Waals surface area contributed by atoms with Gasteiger partial charge in [-0.1, -0.05) is 48.6 Å². The molecule has 0 spiro atoms. The summed E-state index contributed by atoms with van der Waals surface area (Å²) in [5, 5.41) is 0. The van der Waals surface area contributed by atoms with Crippen LogP contribution < -0.4 is 0 Å². The number of hydrogen-bond donors (Lipinski definition) is 0. The van der Waals surface area contributed by atoms with Gasteiger partial charge in [0.15, 0.2) is 11.4 Å². The standard InChI is InChI=1S/C19H22O3/c1-4-11-19(22-3)17(20)15-10-12-18(19,21-2)13-16(15)14-8-6-5-7-9-14/h4-10,12,15-16H,1,11,13H2,2-3H3/t15-,16+,18-,19+/m0/s1. The molecule has 0 amide bonds. The van der Waals surface area contributed by atoms with Crippen molar-refractivity contribution in [2.75, 3.05) is 14.2 Å². The van der Waals surface area contributed by atoms with Gasteiger partial charge in [0.05, 0.1) is 0 Å². The van der Waals surface area contributed by atoms with Crippen LogP contribution in [0.3, 0.4) is 0 Å². The van der Waals surface area contributed by atoms with Crippen molar-refractivity contribution >= 4 is 5.78 Å². The molecular formula is C19H22O3. The first-order valence-corrected chi connectivity index (χ1v) is 7.64. The maximum Gasteiger partial charge on any atom is 0.175 e. The quantitative estimate of drug-likeness (QED) is 0.783. The summed E-state index contributed by atoms with van der Waals surface area (Å²) in [4.78, 5) is 13.2. The number of carbonyl (C=O) groups is 1. The Morgan fingerprint density at radius 2 is 2.00 bits per heavy atom. The van der Waals surface area contributed by atoms with Crippen LogP contribution in [0, 0.1) is 5.92 Å². The van der Waals surface area contributed by atoms with Crippen LogP contribution in [0.5, 0.6) is 0 Å². The van der Waals surface area contributed by atoms with Gasteiger partial charge in [0, 0.05) is 32.5 Å². The minimum absolute atomic E-state index is 0.0966. The molecule has 0 saturated heterocycles. The van der Waals surface area contributed by atoms with Gasteiger partial charge in [0.25, 0.3) is 0 Å². The average molecular weight is 298 g/mol. The third-order valence-electron chi connectivity index (χ3n) is 5.29. The number of methoxy groups -OCH3 is 2. The smallest absolute Gasteiger partial charge is 0.175 e. The van der Waals surface area contributed by atoms with E-state index in [9.17, 15) is 4.79 Å². The molecule has 0 radical (unpaired) electrons. The number of Topliss-reactive ketones (excluding diaryl/α,β-unsaturated/α-hetero) is 1. The van der Waals surface area contributed by atoms with E-state index in [0.717, 1.165) is 6.42 Å². The van der Waals surface area contributed by atoms with E-state index in [1.54, 1.807) is 20.3 Å². The Kier molecular flexibility index (Phi) is 3.79. The number of carbonyl (C=O) groups excluding carboxylic acids is 1. The predicted octanol–water partition coefficient (Wildman–Crippen LogP) is 3.28. The fourth-order valence-corrected chi connectivity index (χ4v) is 4.14. The molecule has 116 valence electrons. The summed E-state index contributed by atoms with van der Waals surface area (Å²) in [5.74, 6) is 0.0606. The molecule has 2 bridgehead atoms. The molecule has 1 saturated carbocycles. The van der Waals surface area contributed by atoms with Crippen molar-refractivity contribution in [2.24, 2.45) is 5.92 Å². The molecular weight excluding hydrogens is 276 g/mol. The highest BCUT2D eigenvalue weighted by atomic mass is 16.6. The highest BCUT2D eigenvalue weighted by Gasteiger charge is 2.64. The van der Waals surface area contributed by atoms with Crippen LogP contribution in [0.4, 0.5) is 0 Å². The average Bonchev–Trinajstić information content (AvgIpc) is 2.59. The van der Waals surface area contributed by atoms with E-state index in [-0.39, 0.29) is 17.6 Å². The van der Waals surface area contributed by atoms with Crippen molar-refractivity contribution in [2.45, 2.75) is 30.0 Å². The van der Waals surface area contributed by atoms with Gasteiger partial charge in [-0.05, 0) is 12.0 Å². The second kappa shape index (κ2) is 5.49. The molecule has 0 aliphatic heterocycles. The fraction of sp³-hybridized carbons (Fsp3) is 0.421. The summed E-state index contributed by atoms with van der Waals surface area (Å²) < 4.78 is 11.6. The van der Waals surface area contributed by atoms with E-state index in [0.29, 0.717) is 6.42 Å². The molecule has 4 rings (SSSR count). The Balaban J connectivity index is 2.09. The zero-order valence-corrected chi connectivity index (χ0v) is 13.1. The minimum atomic E-state index is -0.964. The molecule has 3 aliphatic carbocycles. The summed E-state index contributed by atoms with van der Waals surface area (Å²) in [6, 6.07) is 10.2. The topological polar surface area (TPSA) is 35.5 Å². The molecule has 1 fully saturated rings. The Labute approximate surface area is 131 Å². The van der Waals surface area contributed by atoms with E-state index in [4.69, 9.17) is 9.47 Å².